The second-order valence-electron chi connectivity index (χ2n) is 8.98. The molecule has 1 aliphatic heterocycles. The van der Waals surface area contributed by atoms with Gasteiger partial charge in [-0.15, -0.1) is 0 Å². The predicted molar refractivity (Wildman–Crippen MR) is 127 cm³/mol. The summed E-state index contributed by atoms with van der Waals surface area (Å²) in [6.45, 7) is 1.10. The number of para-hydroxylation sites is 2. The summed E-state index contributed by atoms with van der Waals surface area (Å²) in [5.74, 6) is -0.611. The van der Waals surface area contributed by atoms with Gasteiger partial charge in [0.05, 0.1) is 21.7 Å². The van der Waals surface area contributed by atoms with Gasteiger partial charge in [-0.25, -0.2) is 13.9 Å². The topological polar surface area (TPSA) is 75.9 Å². The van der Waals surface area contributed by atoms with Crippen molar-refractivity contribution in [2.24, 2.45) is 0 Å². The molecule has 0 atom stereocenters. The van der Waals surface area contributed by atoms with Crippen LogP contribution >= 0.6 is 11.6 Å². The highest BCUT2D eigenvalue weighted by Crippen LogP contribution is 2.31. The molecule has 4 aromatic rings. The van der Waals surface area contributed by atoms with Gasteiger partial charge in [0, 0.05) is 36.5 Å². The van der Waals surface area contributed by atoms with E-state index in [-0.39, 0.29) is 22.7 Å². The van der Waals surface area contributed by atoms with Crippen LogP contribution in [-0.4, -0.2) is 43.2 Å². The molecule has 1 aliphatic carbocycles. The monoisotopic (exact) mass is 479 g/mol. The van der Waals surface area contributed by atoms with E-state index in [1.54, 1.807) is 10.7 Å². The van der Waals surface area contributed by atoms with Crippen molar-refractivity contribution in [2.75, 3.05) is 13.1 Å². The Morgan fingerprint density at radius 3 is 2.71 bits per heavy atom. The first-order valence-electron chi connectivity index (χ1n) is 11.6. The minimum absolute atomic E-state index is 0.0352. The number of hydrogen-bond donors (Lipinski definition) is 1. The summed E-state index contributed by atoms with van der Waals surface area (Å²) in [6, 6.07) is 12.3. The lowest BCUT2D eigenvalue weighted by Gasteiger charge is -2.32. The van der Waals surface area contributed by atoms with Crippen LogP contribution in [0.1, 0.15) is 47.1 Å². The van der Waals surface area contributed by atoms with Crippen LogP contribution < -0.4 is 5.69 Å². The van der Waals surface area contributed by atoms with Gasteiger partial charge in [0.25, 0.3) is 5.91 Å². The van der Waals surface area contributed by atoms with Gasteiger partial charge < -0.3 is 9.88 Å². The number of halogens is 2. The molecule has 34 heavy (non-hydrogen) atoms. The van der Waals surface area contributed by atoms with Gasteiger partial charge in [-0.1, -0.05) is 23.7 Å². The van der Waals surface area contributed by atoms with Crippen molar-refractivity contribution in [3.05, 3.63) is 80.7 Å². The molecule has 1 N–H and O–H groups in total. The number of nitrogens with one attached hydrogen (secondary N) is 1. The number of imidazole rings is 1. The second-order valence-corrected chi connectivity index (χ2v) is 9.39. The number of carbonyl (C=O) groups is 1. The molecule has 1 saturated heterocycles. The zero-order chi connectivity index (χ0) is 23.4. The third-order valence-electron chi connectivity index (χ3n) is 7.02. The van der Waals surface area contributed by atoms with E-state index >= 15 is 0 Å². The van der Waals surface area contributed by atoms with Crippen LogP contribution in [0, 0.1) is 5.82 Å². The number of carbonyl (C=O) groups excluding carboxylic acids is 1. The highest BCUT2D eigenvalue weighted by molar-refractivity contribution is 6.30. The molecule has 2 aliphatic rings. The average Bonchev–Trinajstić information content (AvgIpc) is 3.54. The molecular formula is C25H23ClFN5O2. The Bertz CT molecular complexity index is 1480. The standard InChI is InChI=1S/C25H23ClFN5O2/c26-18-9-8-16(14-19(18)27)32-21-7-3-4-17(21)23(29-32)24(33)30-12-10-15(11-13-30)31-22-6-2-1-5-20(22)28-25(31)34/h1-2,5-6,8-9,14-15H,3-4,7,10-13H2,(H,28,34). The van der Waals surface area contributed by atoms with Crippen LogP contribution in [0.2, 0.25) is 5.02 Å². The minimum Gasteiger partial charge on any atom is -0.337 e. The molecule has 174 valence electrons. The van der Waals surface area contributed by atoms with E-state index in [0.717, 1.165) is 41.6 Å². The van der Waals surface area contributed by atoms with E-state index in [1.807, 2.05) is 33.7 Å². The van der Waals surface area contributed by atoms with Crippen molar-refractivity contribution in [1.29, 1.82) is 0 Å². The minimum atomic E-state index is -0.510. The summed E-state index contributed by atoms with van der Waals surface area (Å²) in [5, 5.41) is 4.68. The largest absolute Gasteiger partial charge is 0.337 e. The summed E-state index contributed by atoms with van der Waals surface area (Å²) >= 11 is 5.84. The van der Waals surface area contributed by atoms with Crippen LogP contribution in [0.3, 0.4) is 0 Å². The maximum Gasteiger partial charge on any atom is 0.326 e. The summed E-state index contributed by atoms with van der Waals surface area (Å²) in [4.78, 5) is 30.8. The predicted octanol–water partition coefficient (Wildman–Crippen LogP) is 4.27. The lowest BCUT2D eigenvalue weighted by Crippen LogP contribution is -2.41. The first-order valence-corrected chi connectivity index (χ1v) is 11.9. The first kappa shape index (κ1) is 21.2. The number of hydrogen-bond acceptors (Lipinski definition) is 3. The Labute approximate surface area is 199 Å². The quantitative estimate of drug-likeness (QED) is 0.476. The van der Waals surface area contributed by atoms with Gasteiger partial charge >= 0.3 is 5.69 Å². The maximum absolute atomic E-state index is 14.1. The van der Waals surface area contributed by atoms with Crippen molar-refractivity contribution in [3.8, 4) is 5.69 Å². The molecular weight excluding hydrogens is 457 g/mol. The molecule has 6 rings (SSSR count). The van der Waals surface area contributed by atoms with Crippen LogP contribution in [0.5, 0.6) is 0 Å². The molecule has 0 bridgehead atoms. The number of piperidine rings is 1. The van der Waals surface area contributed by atoms with E-state index in [4.69, 9.17) is 11.6 Å². The van der Waals surface area contributed by atoms with Crippen molar-refractivity contribution in [1.82, 2.24) is 24.2 Å². The van der Waals surface area contributed by atoms with Crippen molar-refractivity contribution >= 4 is 28.5 Å². The van der Waals surface area contributed by atoms with Crippen molar-refractivity contribution in [3.63, 3.8) is 0 Å². The van der Waals surface area contributed by atoms with Gasteiger partial charge in [0.15, 0.2) is 5.69 Å². The number of aromatic amines is 1. The fourth-order valence-corrected chi connectivity index (χ4v) is 5.47. The van der Waals surface area contributed by atoms with E-state index in [1.165, 1.54) is 12.1 Å². The number of amides is 1. The Morgan fingerprint density at radius 2 is 1.91 bits per heavy atom. The highest BCUT2D eigenvalue weighted by Gasteiger charge is 2.32. The van der Waals surface area contributed by atoms with Gasteiger partial charge in [0.2, 0.25) is 0 Å². The van der Waals surface area contributed by atoms with Crippen LogP contribution in [-0.2, 0) is 12.8 Å². The fraction of sp³-hybridized carbons (Fsp3) is 0.320. The molecule has 0 radical (unpaired) electrons. The Hall–Kier alpha value is -3.39. The van der Waals surface area contributed by atoms with E-state index < -0.39 is 5.82 Å². The number of aromatic nitrogens is 4. The van der Waals surface area contributed by atoms with E-state index in [9.17, 15) is 14.0 Å². The molecule has 1 amide bonds. The molecule has 2 aromatic heterocycles. The zero-order valence-electron chi connectivity index (χ0n) is 18.4. The molecule has 0 saturated carbocycles. The lowest BCUT2D eigenvalue weighted by molar-refractivity contribution is 0.0687. The van der Waals surface area contributed by atoms with Crippen LogP contribution in [0.15, 0.2) is 47.3 Å². The summed E-state index contributed by atoms with van der Waals surface area (Å²) in [5.41, 5.74) is 4.54. The fourth-order valence-electron chi connectivity index (χ4n) is 5.35. The SMILES string of the molecule is O=C(c1nn(-c2ccc(Cl)c(F)c2)c2c1CCC2)N1CCC(n2c(=O)[nH]c3ccccc32)CC1. The second kappa shape index (κ2) is 8.13. The lowest BCUT2D eigenvalue weighted by atomic mass is 10.0. The van der Waals surface area contributed by atoms with Gasteiger partial charge in [-0.05, 0) is 56.4 Å². The first-order chi connectivity index (χ1) is 16.5. The molecule has 0 spiro atoms. The highest BCUT2D eigenvalue weighted by atomic mass is 35.5. The third kappa shape index (κ3) is 3.36. The van der Waals surface area contributed by atoms with Gasteiger partial charge in [0.1, 0.15) is 5.82 Å². The Morgan fingerprint density at radius 1 is 1.12 bits per heavy atom. The smallest absolute Gasteiger partial charge is 0.326 e. The van der Waals surface area contributed by atoms with Crippen LogP contribution in [0.4, 0.5) is 4.39 Å². The third-order valence-corrected chi connectivity index (χ3v) is 7.33. The number of fused-ring (bicyclic) bond motifs is 2. The molecule has 9 heteroatoms. The number of rotatable bonds is 3. The molecule has 3 heterocycles. The van der Waals surface area contributed by atoms with Crippen molar-refractivity contribution in [2.45, 2.75) is 38.1 Å². The Kier molecular flexibility index (Phi) is 5.06. The number of benzene rings is 2. The summed E-state index contributed by atoms with van der Waals surface area (Å²) in [7, 11) is 0. The van der Waals surface area contributed by atoms with Gasteiger partial charge in [-0.2, -0.15) is 5.10 Å². The maximum atomic E-state index is 14.1. The normalized spacial score (nSPS) is 16.4. The number of nitrogens with zero attached hydrogens (tertiary/aromatic N) is 4. The number of likely N-dealkylation sites (tertiary alicyclic amines) is 1. The molecule has 0 unspecified atom stereocenters. The van der Waals surface area contributed by atoms with E-state index in [2.05, 4.69) is 10.1 Å². The molecule has 7 nitrogen and oxygen atoms in total. The molecule has 2 aromatic carbocycles. The summed E-state index contributed by atoms with van der Waals surface area (Å²) < 4.78 is 17.6. The zero-order valence-corrected chi connectivity index (χ0v) is 19.2. The van der Waals surface area contributed by atoms with Crippen LogP contribution in [0.25, 0.3) is 16.7 Å². The number of H-pyrrole nitrogens is 1. The van der Waals surface area contributed by atoms with E-state index in [0.29, 0.717) is 37.3 Å². The summed E-state index contributed by atoms with van der Waals surface area (Å²) in [6.07, 6.45) is 3.91. The Balaban J connectivity index is 1.25. The average molecular weight is 480 g/mol. The molecule has 1 fully saturated rings. The van der Waals surface area contributed by atoms with Gasteiger partial charge in [-0.3, -0.25) is 9.36 Å². The van der Waals surface area contributed by atoms with Crippen molar-refractivity contribution < 1.29 is 9.18 Å².